The molecule has 0 bridgehead atoms. The van der Waals surface area contributed by atoms with Gasteiger partial charge in [0.25, 0.3) is 0 Å². The molecule has 0 spiro atoms. The van der Waals surface area contributed by atoms with E-state index in [1.807, 2.05) is 11.3 Å². The number of rotatable bonds is 3. The standard InChI is InChI=1S/C42H26N2S/c1-5-16-37-31(12-1)32-13-2-6-17-38(32)44(37)30-11-9-10-28(24-30)27-20-22-29(23-21-27)43-39-18-7-3-14-33(39)35-26-42-36(25-40(35)43)34-15-4-8-19-41(34)45-42/h1-26H. The summed E-state index contributed by atoms with van der Waals surface area (Å²) in [5.41, 5.74) is 9.67. The molecule has 2 nitrogen and oxygen atoms in total. The maximum Gasteiger partial charge on any atom is 0.0548 e. The Hall–Kier alpha value is -5.64. The molecule has 3 heteroatoms. The van der Waals surface area contributed by atoms with Gasteiger partial charge in [-0.2, -0.15) is 0 Å². The van der Waals surface area contributed by atoms with Crippen molar-refractivity contribution in [1.29, 1.82) is 0 Å². The summed E-state index contributed by atoms with van der Waals surface area (Å²) in [5, 5.41) is 7.80. The highest BCUT2D eigenvalue weighted by atomic mass is 32.1. The van der Waals surface area contributed by atoms with Crippen LogP contribution in [-0.2, 0) is 0 Å². The average Bonchev–Trinajstić information content (AvgIpc) is 3.75. The van der Waals surface area contributed by atoms with E-state index in [2.05, 4.69) is 167 Å². The quantitative estimate of drug-likeness (QED) is 0.194. The molecule has 0 aliphatic rings. The molecule has 3 aromatic heterocycles. The molecule has 10 rings (SSSR count). The Labute approximate surface area is 263 Å². The van der Waals surface area contributed by atoms with Gasteiger partial charge in [0.05, 0.1) is 22.1 Å². The van der Waals surface area contributed by atoms with E-state index in [0.29, 0.717) is 0 Å². The second-order valence-electron chi connectivity index (χ2n) is 11.8. The van der Waals surface area contributed by atoms with Gasteiger partial charge >= 0.3 is 0 Å². The fourth-order valence-electron chi connectivity index (χ4n) is 7.29. The van der Waals surface area contributed by atoms with Crippen LogP contribution in [0.15, 0.2) is 158 Å². The molecule has 0 unspecified atom stereocenters. The molecule has 0 fully saturated rings. The van der Waals surface area contributed by atoms with Gasteiger partial charge in [-0.05, 0) is 71.8 Å². The molecular formula is C42H26N2S. The molecule has 0 amide bonds. The minimum absolute atomic E-state index is 1.17. The van der Waals surface area contributed by atoms with Crippen LogP contribution in [-0.4, -0.2) is 9.13 Å². The molecule has 0 saturated heterocycles. The molecule has 10 aromatic rings. The van der Waals surface area contributed by atoms with Gasteiger partial charge in [0.2, 0.25) is 0 Å². The lowest BCUT2D eigenvalue weighted by molar-refractivity contribution is 1.18. The van der Waals surface area contributed by atoms with E-state index in [-0.39, 0.29) is 0 Å². The lowest BCUT2D eigenvalue weighted by atomic mass is 10.0. The highest BCUT2D eigenvalue weighted by Gasteiger charge is 2.16. The van der Waals surface area contributed by atoms with Crippen molar-refractivity contribution < 1.29 is 0 Å². The third-order valence-electron chi connectivity index (χ3n) is 9.31. The first-order valence-electron chi connectivity index (χ1n) is 15.4. The molecule has 210 valence electrons. The summed E-state index contributed by atoms with van der Waals surface area (Å²) in [4.78, 5) is 0. The number of hydrogen-bond acceptors (Lipinski definition) is 1. The minimum atomic E-state index is 1.17. The molecule has 45 heavy (non-hydrogen) atoms. The summed E-state index contributed by atoms with van der Waals surface area (Å²) in [6.45, 7) is 0. The second kappa shape index (κ2) is 9.43. The Balaban J connectivity index is 1.12. The molecule has 7 aromatic carbocycles. The van der Waals surface area contributed by atoms with E-state index in [1.54, 1.807) is 0 Å². The lowest BCUT2D eigenvalue weighted by Crippen LogP contribution is -1.95. The second-order valence-corrected chi connectivity index (χ2v) is 12.9. The van der Waals surface area contributed by atoms with Gasteiger partial charge in [0.1, 0.15) is 0 Å². The van der Waals surface area contributed by atoms with Crippen molar-refractivity contribution in [3.8, 4) is 22.5 Å². The van der Waals surface area contributed by atoms with Gasteiger partial charge in [-0.25, -0.2) is 0 Å². The van der Waals surface area contributed by atoms with Crippen LogP contribution in [0.2, 0.25) is 0 Å². The van der Waals surface area contributed by atoms with Crippen LogP contribution in [0.3, 0.4) is 0 Å². The van der Waals surface area contributed by atoms with Crippen molar-refractivity contribution in [3.05, 3.63) is 158 Å². The third kappa shape index (κ3) is 3.62. The predicted octanol–water partition coefficient (Wildman–Crippen LogP) is 11.9. The third-order valence-corrected chi connectivity index (χ3v) is 10.4. The summed E-state index contributed by atoms with van der Waals surface area (Å²) in [6, 6.07) is 57.7. The van der Waals surface area contributed by atoms with Crippen molar-refractivity contribution in [3.63, 3.8) is 0 Å². The van der Waals surface area contributed by atoms with E-state index >= 15 is 0 Å². The Morgan fingerprint density at radius 2 is 0.889 bits per heavy atom. The first-order chi connectivity index (χ1) is 22.3. The number of fused-ring (bicyclic) bond motifs is 9. The van der Waals surface area contributed by atoms with Crippen LogP contribution in [0, 0.1) is 0 Å². The first kappa shape index (κ1) is 24.8. The van der Waals surface area contributed by atoms with Crippen LogP contribution in [0.25, 0.3) is 86.3 Å². The van der Waals surface area contributed by atoms with Gasteiger partial charge in [0, 0.05) is 53.1 Å². The van der Waals surface area contributed by atoms with Gasteiger partial charge in [-0.1, -0.05) is 97.1 Å². The summed E-state index contributed by atoms with van der Waals surface area (Å²) in [5.74, 6) is 0. The first-order valence-corrected chi connectivity index (χ1v) is 16.2. The fraction of sp³-hybridized carbons (Fsp3) is 0. The van der Waals surface area contributed by atoms with Crippen molar-refractivity contribution in [2.24, 2.45) is 0 Å². The predicted molar refractivity (Wildman–Crippen MR) is 193 cm³/mol. The molecule has 0 saturated carbocycles. The van der Waals surface area contributed by atoms with E-state index < -0.39 is 0 Å². The zero-order valence-electron chi connectivity index (χ0n) is 24.3. The van der Waals surface area contributed by atoms with Crippen molar-refractivity contribution in [2.75, 3.05) is 0 Å². The van der Waals surface area contributed by atoms with Crippen molar-refractivity contribution >= 4 is 75.1 Å². The topological polar surface area (TPSA) is 9.86 Å². The number of nitrogens with zero attached hydrogens (tertiary/aromatic N) is 2. The highest BCUT2D eigenvalue weighted by molar-refractivity contribution is 7.25. The fourth-order valence-corrected chi connectivity index (χ4v) is 8.42. The maximum absolute atomic E-state index is 2.43. The van der Waals surface area contributed by atoms with Crippen molar-refractivity contribution in [1.82, 2.24) is 9.13 Å². The number of aromatic nitrogens is 2. The maximum atomic E-state index is 2.43. The number of para-hydroxylation sites is 3. The Bertz CT molecular complexity index is 2700. The van der Waals surface area contributed by atoms with Crippen LogP contribution in [0.1, 0.15) is 0 Å². The summed E-state index contributed by atoms with van der Waals surface area (Å²) < 4.78 is 7.48. The normalized spacial score (nSPS) is 12.0. The van der Waals surface area contributed by atoms with Crippen LogP contribution in [0.4, 0.5) is 0 Å². The summed E-state index contributed by atoms with van der Waals surface area (Å²) in [6.07, 6.45) is 0. The molecule has 0 atom stereocenters. The Kier molecular flexibility index (Phi) is 5.19. The zero-order valence-corrected chi connectivity index (χ0v) is 25.1. The zero-order chi connectivity index (χ0) is 29.5. The molecule has 0 aliphatic carbocycles. The number of benzene rings is 7. The average molecular weight is 591 g/mol. The van der Waals surface area contributed by atoms with E-state index in [0.717, 1.165) is 0 Å². The SMILES string of the molecule is c1cc(-c2ccc(-n3c4ccccc4c4cc5sc6ccccc6c5cc43)cc2)cc(-n2c3ccccc3c3ccccc32)c1. The summed E-state index contributed by atoms with van der Waals surface area (Å²) in [7, 11) is 0. The Morgan fingerprint density at radius 3 is 1.58 bits per heavy atom. The molecule has 3 heterocycles. The van der Waals surface area contributed by atoms with Crippen LogP contribution < -0.4 is 0 Å². The highest BCUT2D eigenvalue weighted by Crippen LogP contribution is 2.41. The van der Waals surface area contributed by atoms with Gasteiger partial charge in [0.15, 0.2) is 0 Å². The largest absolute Gasteiger partial charge is 0.309 e. The molecular weight excluding hydrogens is 565 g/mol. The summed E-state index contributed by atoms with van der Waals surface area (Å²) >= 11 is 1.88. The monoisotopic (exact) mass is 590 g/mol. The van der Waals surface area contributed by atoms with Crippen molar-refractivity contribution in [2.45, 2.75) is 0 Å². The van der Waals surface area contributed by atoms with Crippen LogP contribution >= 0.6 is 11.3 Å². The Morgan fingerprint density at radius 1 is 0.311 bits per heavy atom. The number of thiophene rings is 1. The smallest absolute Gasteiger partial charge is 0.0548 e. The van der Waals surface area contributed by atoms with E-state index in [9.17, 15) is 0 Å². The molecule has 0 aliphatic heterocycles. The van der Waals surface area contributed by atoms with E-state index in [1.165, 1.54) is 86.3 Å². The minimum Gasteiger partial charge on any atom is -0.309 e. The van der Waals surface area contributed by atoms with Gasteiger partial charge in [-0.3, -0.25) is 0 Å². The van der Waals surface area contributed by atoms with Gasteiger partial charge in [-0.15, -0.1) is 11.3 Å². The van der Waals surface area contributed by atoms with Crippen LogP contribution in [0.5, 0.6) is 0 Å². The van der Waals surface area contributed by atoms with Gasteiger partial charge < -0.3 is 9.13 Å². The van der Waals surface area contributed by atoms with E-state index in [4.69, 9.17) is 0 Å². The lowest BCUT2D eigenvalue weighted by Gasteiger charge is -2.12. The number of hydrogen-bond donors (Lipinski definition) is 0. The molecule has 0 radical (unpaired) electrons. The molecule has 0 N–H and O–H groups in total.